The maximum absolute atomic E-state index is 12.6. The first-order valence-electron chi connectivity index (χ1n) is 8.91. The first-order valence-corrected chi connectivity index (χ1v) is 8.91. The van der Waals surface area contributed by atoms with Crippen molar-refractivity contribution in [2.75, 3.05) is 38.5 Å². The van der Waals surface area contributed by atoms with E-state index in [1.807, 2.05) is 36.9 Å². The third kappa shape index (κ3) is 3.94. The van der Waals surface area contributed by atoms with Gasteiger partial charge in [0.05, 0.1) is 0 Å². The molecule has 2 aromatic rings. The van der Waals surface area contributed by atoms with Crippen molar-refractivity contribution in [1.82, 2.24) is 9.80 Å². The summed E-state index contributed by atoms with van der Waals surface area (Å²) in [6, 6.07) is 12.7. The van der Waals surface area contributed by atoms with Crippen LogP contribution in [0.3, 0.4) is 0 Å². The third-order valence-electron chi connectivity index (χ3n) is 5.04. The lowest BCUT2D eigenvalue weighted by Gasteiger charge is -2.32. The molecule has 0 aliphatic carbocycles. The van der Waals surface area contributed by atoms with Crippen molar-refractivity contribution in [1.29, 1.82) is 0 Å². The number of hydrogen-bond donors (Lipinski definition) is 1. The number of carbonyl (C=O) groups excluding carboxylic acids is 2. The predicted molar refractivity (Wildman–Crippen MR) is 104 cm³/mol. The van der Waals surface area contributed by atoms with E-state index in [1.165, 1.54) is 0 Å². The summed E-state index contributed by atoms with van der Waals surface area (Å²) in [5.41, 5.74) is 4.17. The molecule has 0 spiro atoms. The summed E-state index contributed by atoms with van der Waals surface area (Å²) >= 11 is 0. The molecule has 0 aromatic heterocycles. The van der Waals surface area contributed by atoms with E-state index in [-0.39, 0.29) is 11.8 Å². The minimum atomic E-state index is -0.169. The van der Waals surface area contributed by atoms with Gasteiger partial charge in [-0.3, -0.25) is 9.59 Å². The number of carbonyl (C=O) groups is 2. The molecule has 1 heterocycles. The molecule has 1 saturated heterocycles. The average molecular weight is 351 g/mol. The highest BCUT2D eigenvalue weighted by atomic mass is 16.2. The second-order valence-corrected chi connectivity index (χ2v) is 6.87. The van der Waals surface area contributed by atoms with Crippen LogP contribution in [0.15, 0.2) is 42.5 Å². The number of piperazine rings is 1. The Morgan fingerprint density at radius 1 is 0.885 bits per heavy atom. The molecule has 3 rings (SSSR count). The SMILES string of the molecule is Cc1cccc(NC(=O)c2ccc(C(=O)N3CCN(C)CC3)cc2)c1C. The Bertz CT molecular complexity index is 807. The van der Waals surface area contributed by atoms with Crippen LogP contribution in [0.2, 0.25) is 0 Å². The molecular formula is C21H25N3O2. The van der Waals surface area contributed by atoms with Gasteiger partial charge < -0.3 is 15.1 Å². The molecule has 26 heavy (non-hydrogen) atoms. The van der Waals surface area contributed by atoms with Gasteiger partial charge in [0.25, 0.3) is 11.8 Å². The van der Waals surface area contributed by atoms with Crippen LogP contribution in [-0.4, -0.2) is 54.8 Å². The fourth-order valence-electron chi connectivity index (χ4n) is 3.04. The highest BCUT2D eigenvalue weighted by molar-refractivity contribution is 6.05. The highest BCUT2D eigenvalue weighted by Crippen LogP contribution is 2.19. The van der Waals surface area contributed by atoms with E-state index in [4.69, 9.17) is 0 Å². The molecule has 2 aromatic carbocycles. The minimum Gasteiger partial charge on any atom is -0.336 e. The van der Waals surface area contributed by atoms with Gasteiger partial charge in [0.2, 0.25) is 0 Å². The zero-order valence-corrected chi connectivity index (χ0v) is 15.6. The van der Waals surface area contributed by atoms with Crippen molar-refractivity contribution in [3.05, 3.63) is 64.7 Å². The first kappa shape index (κ1) is 18.1. The molecule has 136 valence electrons. The van der Waals surface area contributed by atoms with E-state index in [9.17, 15) is 9.59 Å². The summed E-state index contributed by atoms with van der Waals surface area (Å²) in [4.78, 5) is 29.1. The molecule has 1 fully saturated rings. The standard InChI is InChI=1S/C21H25N3O2/c1-15-5-4-6-19(16(15)2)22-20(25)17-7-9-18(10-8-17)21(26)24-13-11-23(3)12-14-24/h4-10H,11-14H2,1-3H3,(H,22,25). The Labute approximate surface area is 154 Å². The fraction of sp³-hybridized carbons (Fsp3) is 0.333. The first-order chi connectivity index (χ1) is 12.5. The van der Waals surface area contributed by atoms with Gasteiger partial charge in [0.1, 0.15) is 0 Å². The molecule has 1 N–H and O–H groups in total. The monoisotopic (exact) mass is 351 g/mol. The summed E-state index contributed by atoms with van der Waals surface area (Å²) in [5.74, 6) is -0.142. The van der Waals surface area contributed by atoms with Crippen LogP contribution >= 0.6 is 0 Å². The van der Waals surface area contributed by atoms with E-state index in [0.29, 0.717) is 11.1 Å². The number of hydrogen-bond acceptors (Lipinski definition) is 3. The number of benzene rings is 2. The van der Waals surface area contributed by atoms with Gasteiger partial charge in [-0.2, -0.15) is 0 Å². The second kappa shape index (κ2) is 7.70. The number of rotatable bonds is 3. The lowest BCUT2D eigenvalue weighted by Crippen LogP contribution is -2.47. The molecule has 5 heteroatoms. The van der Waals surface area contributed by atoms with Crippen LogP contribution in [-0.2, 0) is 0 Å². The topological polar surface area (TPSA) is 52.7 Å². The fourth-order valence-corrected chi connectivity index (χ4v) is 3.04. The zero-order chi connectivity index (χ0) is 18.7. The number of amides is 2. The maximum atomic E-state index is 12.6. The van der Waals surface area contributed by atoms with E-state index in [0.717, 1.165) is 43.0 Å². The van der Waals surface area contributed by atoms with Crippen LogP contribution in [0.4, 0.5) is 5.69 Å². The number of aryl methyl sites for hydroxylation is 1. The molecule has 1 aliphatic heterocycles. The van der Waals surface area contributed by atoms with Crippen LogP contribution in [0.5, 0.6) is 0 Å². The van der Waals surface area contributed by atoms with Crippen molar-refractivity contribution < 1.29 is 9.59 Å². The number of anilines is 1. The minimum absolute atomic E-state index is 0.0274. The van der Waals surface area contributed by atoms with Crippen molar-refractivity contribution in [3.8, 4) is 0 Å². The van der Waals surface area contributed by atoms with Crippen LogP contribution < -0.4 is 5.32 Å². The Hall–Kier alpha value is -2.66. The summed E-state index contributed by atoms with van der Waals surface area (Å²) in [6.45, 7) is 7.27. The van der Waals surface area contributed by atoms with Crippen molar-refractivity contribution in [2.45, 2.75) is 13.8 Å². The molecule has 5 nitrogen and oxygen atoms in total. The molecule has 0 unspecified atom stereocenters. The van der Waals surface area contributed by atoms with Crippen LogP contribution in [0.1, 0.15) is 31.8 Å². The second-order valence-electron chi connectivity index (χ2n) is 6.87. The van der Waals surface area contributed by atoms with Gasteiger partial charge in [0.15, 0.2) is 0 Å². The van der Waals surface area contributed by atoms with Gasteiger partial charge in [-0.15, -0.1) is 0 Å². The lowest BCUT2D eigenvalue weighted by molar-refractivity contribution is 0.0664. The summed E-state index contributed by atoms with van der Waals surface area (Å²) in [7, 11) is 2.06. The van der Waals surface area contributed by atoms with Gasteiger partial charge in [-0.1, -0.05) is 12.1 Å². The summed E-state index contributed by atoms with van der Waals surface area (Å²) in [6.07, 6.45) is 0. The largest absolute Gasteiger partial charge is 0.336 e. The summed E-state index contributed by atoms with van der Waals surface area (Å²) in [5, 5.41) is 2.94. The zero-order valence-electron chi connectivity index (χ0n) is 15.6. The average Bonchev–Trinajstić information content (AvgIpc) is 2.65. The van der Waals surface area contributed by atoms with E-state index >= 15 is 0 Å². The molecular weight excluding hydrogens is 326 g/mol. The molecule has 0 atom stereocenters. The maximum Gasteiger partial charge on any atom is 0.255 e. The molecule has 0 saturated carbocycles. The Balaban J connectivity index is 1.68. The molecule has 0 radical (unpaired) electrons. The normalized spacial score (nSPS) is 15.0. The Morgan fingerprint density at radius 3 is 2.15 bits per heavy atom. The van der Waals surface area contributed by atoms with Crippen molar-refractivity contribution in [3.63, 3.8) is 0 Å². The van der Waals surface area contributed by atoms with Crippen molar-refractivity contribution in [2.24, 2.45) is 0 Å². The Kier molecular flexibility index (Phi) is 5.38. The molecule has 2 amide bonds. The van der Waals surface area contributed by atoms with E-state index < -0.39 is 0 Å². The Morgan fingerprint density at radius 2 is 1.50 bits per heavy atom. The third-order valence-corrected chi connectivity index (χ3v) is 5.04. The van der Waals surface area contributed by atoms with Gasteiger partial charge >= 0.3 is 0 Å². The summed E-state index contributed by atoms with van der Waals surface area (Å²) < 4.78 is 0. The number of likely N-dealkylation sites (N-methyl/N-ethyl adjacent to an activating group) is 1. The predicted octanol–water partition coefficient (Wildman–Crippen LogP) is 2.94. The van der Waals surface area contributed by atoms with Crippen LogP contribution in [0, 0.1) is 13.8 Å². The van der Waals surface area contributed by atoms with Crippen molar-refractivity contribution >= 4 is 17.5 Å². The van der Waals surface area contributed by atoms with Gasteiger partial charge in [-0.05, 0) is 62.4 Å². The number of nitrogens with zero attached hydrogens (tertiary/aromatic N) is 2. The highest BCUT2D eigenvalue weighted by Gasteiger charge is 2.20. The molecule has 0 bridgehead atoms. The quantitative estimate of drug-likeness (QED) is 0.925. The lowest BCUT2D eigenvalue weighted by atomic mass is 10.1. The molecule has 1 aliphatic rings. The number of nitrogens with one attached hydrogen (secondary N) is 1. The van der Waals surface area contributed by atoms with E-state index in [1.54, 1.807) is 24.3 Å². The van der Waals surface area contributed by atoms with Gasteiger partial charge in [0, 0.05) is 43.0 Å². The smallest absolute Gasteiger partial charge is 0.255 e. The van der Waals surface area contributed by atoms with E-state index in [2.05, 4.69) is 17.3 Å². The van der Waals surface area contributed by atoms with Gasteiger partial charge in [-0.25, -0.2) is 0 Å². The van der Waals surface area contributed by atoms with Crippen LogP contribution in [0.25, 0.3) is 0 Å².